The highest BCUT2D eigenvalue weighted by Crippen LogP contribution is 2.30. The van der Waals surface area contributed by atoms with Gasteiger partial charge in [0.05, 0.1) is 13.2 Å². The first-order valence-corrected chi connectivity index (χ1v) is 8.13. The molecule has 3 unspecified atom stereocenters. The fourth-order valence-electron chi connectivity index (χ4n) is 2.40. The van der Waals surface area contributed by atoms with Gasteiger partial charge < -0.3 is 14.8 Å². The van der Waals surface area contributed by atoms with Crippen LogP contribution in [0.5, 0.6) is 11.5 Å². The van der Waals surface area contributed by atoms with Crippen molar-refractivity contribution in [3.63, 3.8) is 0 Å². The number of urea groups is 1. The van der Waals surface area contributed by atoms with E-state index in [4.69, 9.17) is 9.47 Å². The Balaban J connectivity index is 2.21. The van der Waals surface area contributed by atoms with Crippen LogP contribution in [0.15, 0.2) is 24.3 Å². The Labute approximate surface area is 150 Å². The summed E-state index contributed by atoms with van der Waals surface area (Å²) in [4.78, 5) is 33.4. The second-order valence-electron chi connectivity index (χ2n) is 5.82. The molecule has 1 saturated heterocycles. The molecular formula is C17H21N3O6. The van der Waals surface area contributed by atoms with Gasteiger partial charge in [0.15, 0.2) is 11.5 Å². The molecule has 1 aliphatic heterocycles. The third-order valence-corrected chi connectivity index (χ3v) is 3.96. The molecule has 1 heterocycles. The Morgan fingerprint density at radius 1 is 1.35 bits per heavy atom. The van der Waals surface area contributed by atoms with Gasteiger partial charge in [0, 0.05) is 4.92 Å². The van der Waals surface area contributed by atoms with E-state index in [0.717, 1.165) is 6.42 Å². The largest absolute Gasteiger partial charge is 0.493 e. The highest BCUT2D eigenvalue weighted by molar-refractivity contribution is 6.00. The van der Waals surface area contributed by atoms with Gasteiger partial charge >= 0.3 is 18.0 Å². The molecule has 9 heteroatoms. The van der Waals surface area contributed by atoms with Crippen molar-refractivity contribution in [1.82, 2.24) is 10.6 Å². The van der Waals surface area contributed by atoms with Gasteiger partial charge in [-0.25, -0.2) is 4.79 Å². The van der Waals surface area contributed by atoms with Gasteiger partial charge in [-0.15, -0.1) is 0 Å². The first kappa shape index (κ1) is 19.2. The minimum absolute atomic E-state index is 0.0297. The van der Waals surface area contributed by atoms with E-state index in [-0.39, 0.29) is 6.10 Å². The second-order valence-corrected chi connectivity index (χ2v) is 5.82. The van der Waals surface area contributed by atoms with Crippen molar-refractivity contribution < 1.29 is 24.0 Å². The molecule has 0 spiro atoms. The zero-order chi connectivity index (χ0) is 19.3. The summed E-state index contributed by atoms with van der Waals surface area (Å²) in [6.45, 7) is 3.95. The molecule has 3 atom stereocenters. The van der Waals surface area contributed by atoms with E-state index in [1.165, 1.54) is 13.2 Å². The number of carbonyl (C=O) groups is 2. The normalized spacial score (nSPS) is 21.0. The summed E-state index contributed by atoms with van der Waals surface area (Å²) in [7, 11) is 1.51. The van der Waals surface area contributed by atoms with Crippen LogP contribution in [0.2, 0.25) is 0 Å². The average Bonchev–Trinajstić information content (AvgIpc) is 2.59. The third kappa shape index (κ3) is 4.50. The van der Waals surface area contributed by atoms with Crippen LogP contribution in [-0.2, 0) is 4.79 Å². The van der Waals surface area contributed by atoms with Gasteiger partial charge in [-0.1, -0.05) is 25.1 Å². The van der Waals surface area contributed by atoms with Crippen LogP contribution in [0.3, 0.4) is 0 Å². The SMILES string of the molecule is CCC(C)Oc1ccc(/C=C/C2NC(=O)NC(=O)C2[N+](=O)[O-])cc1OC. The summed E-state index contributed by atoms with van der Waals surface area (Å²) in [6, 6.07) is 1.80. The lowest BCUT2D eigenvalue weighted by Gasteiger charge is -2.23. The van der Waals surface area contributed by atoms with E-state index in [1.807, 2.05) is 19.2 Å². The molecule has 1 aromatic rings. The molecule has 1 aromatic carbocycles. The summed E-state index contributed by atoms with van der Waals surface area (Å²) < 4.78 is 11.1. The molecule has 2 N–H and O–H groups in total. The number of nitrogens with zero attached hydrogens (tertiary/aromatic N) is 1. The summed E-state index contributed by atoms with van der Waals surface area (Å²) in [5.74, 6) is 0.166. The second kappa shape index (κ2) is 8.32. The van der Waals surface area contributed by atoms with Crippen molar-refractivity contribution in [2.75, 3.05) is 7.11 Å². The summed E-state index contributed by atoms with van der Waals surface area (Å²) in [5, 5.41) is 15.3. The maximum Gasteiger partial charge on any atom is 0.322 e. The summed E-state index contributed by atoms with van der Waals surface area (Å²) in [6.07, 6.45) is 3.86. The molecule has 1 fully saturated rings. The number of carbonyl (C=O) groups excluding carboxylic acids is 2. The molecule has 1 aliphatic rings. The van der Waals surface area contributed by atoms with Crippen LogP contribution in [-0.4, -0.2) is 42.2 Å². The zero-order valence-corrected chi connectivity index (χ0v) is 14.7. The lowest BCUT2D eigenvalue weighted by atomic mass is 10.0. The van der Waals surface area contributed by atoms with E-state index in [0.29, 0.717) is 17.1 Å². The number of ether oxygens (including phenoxy) is 2. The van der Waals surface area contributed by atoms with Crippen molar-refractivity contribution in [3.8, 4) is 11.5 Å². The van der Waals surface area contributed by atoms with Crippen LogP contribution in [0.1, 0.15) is 25.8 Å². The Kier molecular flexibility index (Phi) is 6.16. The quantitative estimate of drug-likeness (QED) is 0.562. The van der Waals surface area contributed by atoms with Crippen molar-refractivity contribution in [1.29, 1.82) is 0 Å². The highest BCUT2D eigenvalue weighted by atomic mass is 16.6. The van der Waals surface area contributed by atoms with Gasteiger partial charge in [-0.2, -0.15) is 0 Å². The Morgan fingerprint density at radius 3 is 2.69 bits per heavy atom. The maximum absolute atomic E-state index is 11.7. The lowest BCUT2D eigenvalue weighted by Crippen LogP contribution is -2.62. The van der Waals surface area contributed by atoms with E-state index in [1.54, 1.807) is 24.3 Å². The van der Waals surface area contributed by atoms with Gasteiger partial charge in [-0.3, -0.25) is 20.2 Å². The third-order valence-electron chi connectivity index (χ3n) is 3.96. The maximum atomic E-state index is 11.7. The molecule has 0 aliphatic carbocycles. The number of rotatable bonds is 7. The fourth-order valence-corrected chi connectivity index (χ4v) is 2.40. The van der Waals surface area contributed by atoms with Crippen molar-refractivity contribution >= 4 is 18.0 Å². The standard InChI is InChI=1S/C17H21N3O6/c1-4-10(2)26-13-8-6-11(9-14(13)25-3)5-7-12-15(20(23)24)16(21)19-17(22)18-12/h5-10,12,15H,4H2,1-3H3,(H2,18,19,21,22)/b7-5+. The number of methoxy groups -OCH3 is 1. The topological polar surface area (TPSA) is 120 Å². The number of amides is 3. The number of benzene rings is 1. The molecule has 0 saturated carbocycles. The van der Waals surface area contributed by atoms with Gasteiger partial charge in [0.1, 0.15) is 6.04 Å². The van der Waals surface area contributed by atoms with Crippen LogP contribution < -0.4 is 20.1 Å². The highest BCUT2D eigenvalue weighted by Gasteiger charge is 2.43. The number of hydrogen-bond donors (Lipinski definition) is 2. The average molecular weight is 363 g/mol. The minimum Gasteiger partial charge on any atom is -0.493 e. The van der Waals surface area contributed by atoms with Gasteiger partial charge in [0.25, 0.3) is 0 Å². The van der Waals surface area contributed by atoms with Crippen molar-refractivity contribution in [3.05, 3.63) is 40.0 Å². The molecule has 0 radical (unpaired) electrons. The van der Waals surface area contributed by atoms with Crippen LogP contribution in [0, 0.1) is 10.1 Å². The molecule has 26 heavy (non-hydrogen) atoms. The van der Waals surface area contributed by atoms with Crippen molar-refractivity contribution in [2.45, 2.75) is 38.5 Å². The Hall–Kier alpha value is -3.10. The monoisotopic (exact) mass is 363 g/mol. The molecule has 3 amide bonds. The minimum atomic E-state index is -1.58. The Bertz CT molecular complexity index is 733. The first-order chi connectivity index (χ1) is 12.3. The predicted molar refractivity (Wildman–Crippen MR) is 93.7 cm³/mol. The van der Waals surface area contributed by atoms with Crippen LogP contribution in [0.25, 0.3) is 6.08 Å². The van der Waals surface area contributed by atoms with E-state index < -0.39 is 28.9 Å². The zero-order valence-electron chi connectivity index (χ0n) is 14.7. The number of nitro groups is 1. The smallest absolute Gasteiger partial charge is 0.322 e. The van der Waals surface area contributed by atoms with E-state index in [9.17, 15) is 19.7 Å². The van der Waals surface area contributed by atoms with E-state index in [2.05, 4.69) is 5.32 Å². The van der Waals surface area contributed by atoms with Gasteiger partial charge in [-0.05, 0) is 31.0 Å². The van der Waals surface area contributed by atoms with Crippen LogP contribution >= 0.6 is 0 Å². The number of imide groups is 1. The number of hydrogen-bond acceptors (Lipinski definition) is 6. The predicted octanol–water partition coefficient (Wildman–Crippen LogP) is 1.74. The summed E-state index contributed by atoms with van der Waals surface area (Å²) in [5.41, 5.74) is 0.681. The molecule has 0 bridgehead atoms. The van der Waals surface area contributed by atoms with Crippen molar-refractivity contribution in [2.24, 2.45) is 0 Å². The molecule has 140 valence electrons. The molecule has 9 nitrogen and oxygen atoms in total. The Morgan fingerprint density at radius 2 is 2.08 bits per heavy atom. The molecule has 0 aromatic heterocycles. The number of nitrogens with one attached hydrogen (secondary N) is 2. The lowest BCUT2D eigenvalue weighted by molar-refractivity contribution is -0.510. The molecule has 2 rings (SSSR count). The van der Waals surface area contributed by atoms with Crippen LogP contribution in [0.4, 0.5) is 4.79 Å². The molecular weight excluding hydrogens is 342 g/mol. The fraction of sp³-hybridized carbons (Fsp3) is 0.412. The first-order valence-electron chi connectivity index (χ1n) is 8.13. The van der Waals surface area contributed by atoms with E-state index >= 15 is 0 Å². The van der Waals surface area contributed by atoms with Gasteiger partial charge in [0.2, 0.25) is 0 Å². The summed E-state index contributed by atoms with van der Waals surface area (Å²) >= 11 is 0.